The minimum Gasteiger partial charge on any atom is -0.396 e. The molecule has 0 fully saturated rings. The molecule has 0 radical (unpaired) electrons. The summed E-state index contributed by atoms with van der Waals surface area (Å²) in [6, 6.07) is 2.11. The van der Waals surface area contributed by atoms with E-state index in [1.165, 1.54) is 10.4 Å². The first-order valence-electron chi connectivity index (χ1n) is 6.85. The Morgan fingerprint density at radius 2 is 2.42 bits per heavy atom. The standard InChI is InChI=1S/C14H21NO2S2/c16-7-2-8-18-10-6-15-14(17)12-3-1-4-13-11(12)5-9-19-13/h5,9,12,16H,1-4,6-8,10H2,(H,15,17). The molecule has 106 valence electrons. The molecule has 1 aromatic rings. The van der Waals surface area contributed by atoms with Gasteiger partial charge in [-0.15, -0.1) is 11.3 Å². The number of rotatable bonds is 7. The summed E-state index contributed by atoms with van der Waals surface area (Å²) in [4.78, 5) is 13.6. The smallest absolute Gasteiger partial charge is 0.227 e. The molecule has 1 amide bonds. The molecule has 1 aliphatic rings. The van der Waals surface area contributed by atoms with E-state index in [-0.39, 0.29) is 18.4 Å². The van der Waals surface area contributed by atoms with Crippen LogP contribution in [0.3, 0.4) is 0 Å². The molecule has 0 saturated carbocycles. The maximum Gasteiger partial charge on any atom is 0.227 e. The Kier molecular flexibility index (Phi) is 6.20. The molecule has 2 N–H and O–H groups in total. The summed E-state index contributed by atoms with van der Waals surface area (Å²) in [5, 5.41) is 13.8. The summed E-state index contributed by atoms with van der Waals surface area (Å²) in [7, 11) is 0. The molecule has 1 heterocycles. The molecule has 5 heteroatoms. The Morgan fingerprint density at radius 3 is 3.26 bits per heavy atom. The summed E-state index contributed by atoms with van der Waals surface area (Å²) in [6.45, 7) is 0.979. The van der Waals surface area contributed by atoms with E-state index >= 15 is 0 Å². The van der Waals surface area contributed by atoms with Crippen LogP contribution in [-0.2, 0) is 11.2 Å². The minimum atomic E-state index is 0.0671. The summed E-state index contributed by atoms with van der Waals surface area (Å²) < 4.78 is 0. The largest absolute Gasteiger partial charge is 0.396 e. The van der Waals surface area contributed by atoms with Crippen molar-refractivity contribution >= 4 is 29.0 Å². The summed E-state index contributed by atoms with van der Waals surface area (Å²) in [5.41, 5.74) is 1.25. The van der Waals surface area contributed by atoms with Crippen molar-refractivity contribution in [2.45, 2.75) is 31.6 Å². The van der Waals surface area contributed by atoms with E-state index in [1.54, 1.807) is 23.1 Å². The minimum absolute atomic E-state index is 0.0671. The second-order valence-electron chi connectivity index (χ2n) is 4.72. The lowest BCUT2D eigenvalue weighted by Crippen LogP contribution is -2.32. The van der Waals surface area contributed by atoms with Gasteiger partial charge in [-0.2, -0.15) is 11.8 Å². The van der Waals surface area contributed by atoms with Gasteiger partial charge >= 0.3 is 0 Å². The number of amides is 1. The van der Waals surface area contributed by atoms with Crippen LogP contribution in [0.2, 0.25) is 0 Å². The lowest BCUT2D eigenvalue weighted by atomic mass is 9.87. The summed E-state index contributed by atoms with van der Waals surface area (Å²) >= 11 is 3.56. The average molecular weight is 299 g/mol. The van der Waals surface area contributed by atoms with Gasteiger partial charge in [0.2, 0.25) is 5.91 Å². The van der Waals surface area contributed by atoms with E-state index in [9.17, 15) is 4.79 Å². The predicted molar refractivity (Wildman–Crippen MR) is 82.0 cm³/mol. The number of carbonyl (C=O) groups is 1. The molecule has 3 nitrogen and oxygen atoms in total. The van der Waals surface area contributed by atoms with E-state index in [0.29, 0.717) is 0 Å². The number of aryl methyl sites for hydroxylation is 1. The third-order valence-corrected chi connectivity index (χ3v) is 5.43. The maximum absolute atomic E-state index is 12.2. The second kappa shape index (κ2) is 7.92. The Bertz CT molecular complexity index is 406. The molecule has 1 unspecified atom stereocenters. The molecular weight excluding hydrogens is 278 g/mol. The van der Waals surface area contributed by atoms with Crippen molar-refractivity contribution in [1.82, 2.24) is 5.32 Å². The van der Waals surface area contributed by atoms with Gasteiger partial charge in [0, 0.05) is 23.8 Å². The Hall–Kier alpha value is -0.520. The Labute approximate surface area is 122 Å². The number of hydrogen-bond acceptors (Lipinski definition) is 4. The molecule has 0 aliphatic heterocycles. The van der Waals surface area contributed by atoms with Gasteiger partial charge in [0.25, 0.3) is 0 Å². The van der Waals surface area contributed by atoms with Gasteiger partial charge in [0.05, 0.1) is 5.92 Å². The van der Waals surface area contributed by atoms with Crippen LogP contribution in [0, 0.1) is 0 Å². The van der Waals surface area contributed by atoms with Crippen LogP contribution in [0.15, 0.2) is 11.4 Å². The third-order valence-electron chi connectivity index (χ3n) is 3.36. The SMILES string of the molecule is O=C(NCCSCCCO)C1CCCc2sccc21. The van der Waals surface area contributed by atoms with Crippen molar-refractivity contribution in [3.8, 4) is 0 Å². The molecule has 1 aliphatic carbocycles. The molecule has 2 rings (SSSR count). The van der Waals surface area contributed by atoms with Crippen LogP contribution in [0.25, 0.3) is 0 Å². The molecule has 1 aromatic heterocycles. The van der Waals surface area contributed by atoms with Crippen molar-refractivity contribution in [1.29, 1.82) is 0 Å². The molecule has 0 bridgehead atoms. The highest BCUT2D eigenvalue weighted by Gasteiger charge is 2.26. The summed E-state index contributed by atoms with van der Waals surface area (Å²) in [5.74, 6) is 2.14. The quantitative estimate of drug-likeness (QED) is 0.760. The van der Waals surface area contributed by atoms with Gasteiger partial charge in [0.15, 0.2) is 0 Å². The molecule has 0 aromatic carbocycles. The zero-order valence-electron chi connectivity index (χ0n) is 11.1. The molecule has 1 atom stereocenters. The molecule has 0 saturated heterocycles. The fourth-order valence-corrected chi connectivity index (χ4v) is 4.17. The fraction of sp³-hybridized carbons (Fsp3) is 0.643. The highest BCUT2D eigenvalue weighted by Crippen LogP contribution is 2.34. The van der Waals surface area contributed by atoms with E-state index < -0.39 is 0 Å². The van der Waals surface area contributed by atoms with Gasteiger partial charge in [-0.3, -0.25) is 4.79 Å². The van der Waals surface area contributed by atoms with E-state index in [4.69, 9.17) is 5.11 Å². The van der Waals surface area contributed by atoms with Crippen molar-refractivity contribution < 1.29 is 9.90 Å². The third kappa shape index (κ3) is 4.23. The van der Waals surface area contributed by atoms with Crippen LogP contribution < -0.4 is 5.32 Å². The first-order valence-corrected chi connectivity index (χ1v) is 8.89. The van der Waals surface area contributed by atoms with Crippen LogP contribution in [0.4, 0.5) is 0 Å². The number of aliphatic hydroxyl groups is 1. The lowest BCUT2D eigenvalue weighted by Gasteiger charge is -2.21. The van der Waals surface area contributed by atoms with E-state index in [0.717, 1.165) is 43.7 Å². The number of hydrogen-bond donors (Lipinski definition) is 2. The number of aliphatic hydroxyl groups excluding tert-OH is 1. The maximum atomic E-state index is 12.2. The van der Waals surface area contributed by atoms with Crippen molar-refractivity contribution in [3.05, 3.63) is 21.9 Å². The zero-order valence-corrected chi connectivity index (χ0v) is 12.7. The van der Waals surface area contributed by atoms with Crippen molar-refractivity contribution in [2.75, 3.05) is 24.7 Å². The monoisotopic (exact) mass is 299 g/mol. The number of thioether (sulfide) groups is 1. The van der Waals surface area contributed by atoms with Gasteiger partial charge < -0.3 is 10.4 Å². The first-order chi connectivity index (χ1) is 9.33. The van der Waals surface area contributed by atoms with Gasteiger partial charge in [-0.25, -0.2) is 0 Å². The van der Waals surface area contributed by atoms with Crippen LogP contribution in [0.1, 0.15) is 35.6 Å². The van der Waals surface area contributed by atoms with Gasteiger partial charge in [-0.1, -0.05) is 0 Å². The molecule has 0 spiro atoms. The highest BCUT2D eigenvalue weighted by molar-refractivity contribution is 7.99. The highest BCUT2D eigenvalue weighted by atomic mass is 32.2. The lowest BCUT2D eigenvalue weighted by molar-refractivity contribution is -0.122. The van der Waals surface area contributed by atoms with E-state index in [2.05, 4.69) is 16.8 Å². The van der Waals surface area contributed by atoms with Crippen molar-refractivity contribution in [2.24, 2.45) is 0 Å². The van der Waals surface area contributed by atoms with E-state index in [1.807, 2.05) is 0 Å². The second-order valence-corrected chi connectivity index (χ2v) is 6.95. The number of fused-ring (bicyclic) bond motifs is 1. The predicted octanol–water partition coefficient (Wildman–Crippen LogP) is 2.40. The fourth-order valence-electron chi connectivity index (χ4n) is 2.40. The van der Waals surface area contributed by atoms with Crippen molar-refractivity contribution in [3.63, 3.8) is 0 Å². The number of thiophene rings is 1. The summed E-state index contributed by atoms with van der Waals surface area (Å²) in [6.07, 6.45) is 4.07. The average Bonchev–Trinajstić information content (AvgIpc) is 2.90. The van der Waals surface area contributed by atoms with Gasteiger partial charge in [0.1, 0.15) is 0 Å². The first kappa shape index (κ1) is 14.9. The normalized spacial score (nSPS) is 18.1. The number of nitrogens with one attached hydrogen (secondary N) is 1. The topological polar surface area (TPSA) is 49.3 Å². The van der Waals surface area contributed by atoms with Crippen LogP contribution in [-0.4, -0.2) is 35.7 Å². The molecule has 19 heavy (non-hydrogen) atoms. The van der Waals surface area contributed by atoms with Crippen LogP contribution in [0.5, 0.6) is 0 Å². The molecular formula is C14H21NO2S2. The van der Waals surface area contributed by atoms with Gasteiger partial charge in [-0.05, 0) is 48.4 Å². The zero-order chi connectivity index (χ0) is 13.5. The Balaban J connectivity index is 1.73. The number of carbonyl (C=O) groups excluding carboxylic acids is 1. The van der Waals surface area contributed by atoms with Crippen LogP contribution >= 0.6 is 23.1 Å². The Morgan fingerprint density at radius 1 is 1.53 bits per heavy atom.